The van der Waals surface area contributed by atoms with E-state index < -0.39 is 17.6 Å². The monoisotopic (exact) mass is 288 g/mol. The summed E-state index contributed by atoms with van der Waals surface area (Å²) in [6, 6.07) is 7.19. The van der Waals surface area contributed by atoms with Crippen LogP contribution in [0.1, 0.15) is 17.5 Å². The molecule has 0 unspecified atom stereocenters. The molecule has 1 aromatic carbocycles. The predicted molar refractivity (Wildman–Crippen MR) is 76.1 cm³/mol. The van der Waals surface area contributed by atoms with Crippen molar-refractivity contribution in [2.75, 3.05) is 0 Å². The Kier molecular flexibility index (Phi) is 3.79. The molecule has 0 spiro atoms. The van der Waals surface area contributed by atoms with Crippen molar-refractivity contribution in [1.82, 2.24) is 9.97 Å². The molecule has 1 aliphatic rings. The summed E-state index contributed by atoms with van der Waals surface area (Å²) < 4.78 is 0. The van der Waals surface area contributed by atoms with Gasteiger partial charge >= 0.3 is 11.9 Å². The summed E-state index contributed by atoms with van der Waals surface area (Å²) in [6.45, 7) is 1.44. The van der Waals surface area contributed by atoms with E-state index in [1.165, 1.54) is 19.4 Å². The molecular weight excluding hydrogens is 276 g/mol. The zero-order valence-electron chi connectivity index (χ0n) is 11.0. The highest BCUT2D eigenvalue weighted by atomic mass is 16.4. The van der Waals surface area contributed by atoms with Gasteiger partial charge in [-0.05, 0) is 19.1 Å². The third-order valence-corrected chi connectivity index (χ3v) is 2.72. The number of rotatable bonds is 2. The highest BCUT2D eigenvalue weighted by molar-refractivity contribution is 6.19. The number of carboxylic acid groups (broad SMARTS) is 2. The van der Waals surface area contributed by atoms with Gasteiger partial charge in [0, 0.05) is 12.4 Å². The Morgan fingerprint density at radius 1 is 1.14 bits per heavy atom. The number of H-pyrrole nitrogens is 1. The molecule has 108 valence electrons. The van der Waals surface area contributed by atoms with Crippen molar-refractivity contribution in [2.24, 2.45) is 9.98 Å². The van der Waals surface area contributed by atoms with E-state index in [4.69, 9.17) is 10.2 Å². The molecule has 0 amide bonds. The van der Waals surface area contributed by atoms with Gasteiger partial charge in [-0.1, -0.05) is 12.1 Å². The number of fused-ring (bicyclic) bond motifs is 1. The van der Waals surface area contributed by atoms with Gasteiger partial charge in [0.15, 0.2) is 0 Å². The first-order valence-electron chi connectivity index (χ1n) is 5.93. The Labute approximate surface area is 118 Å². The zero-order chi connectivity index (χ0) is 15.5. The fourth-order valence-corrected chi connectivity index (χ4v) is 1.55. The van der Waals surface area contributed by atoms with Gasteiger partial charge < -0.3 is 15.2 Å². The quantitative estimate of drug-likeness (QED) is 0.765. The lowest BCUT2D eigenvalue weighted by atomic mass is 10.2. The van der Waals surface area contributed by atoms with Crippen molar-refractivity contribution < 1.29 is 19.8 Å². The van der Waals surface area contributed by atoms with Crippen molar-refractivity contribution in [3.63, 3.8) is 0 Å². The van der Waals surface area contributed by atoms with Crippen molar-refractivity contribution in [3.8, 4) is 0 Å². The van der Waals surface area contributed by atoms with Crippen LogP contribution < -0.4 is 0 Å². The minimum Gasteiger partial charge on any atom is -0.478 e. The number of aromatic nitrogens is 2. The highest BCUT2D eigenvalue weighted by Gasteiger charge is 2.31. The van der Waals surface area contributed by atoms with Crippen LogP contribution in [-0.2, 0) is 4.79 Å². The molecule has 2 aromatic rings. The maximum Gasteiger partial charge on any atom is 0.371 e. The maximum absolute atomic E-state index is 10.5. The van der Waals surface area contributed by atoms with E-state index in [9.17, 15) is 9.59 Å². The predicted octanol–water partition coefficient (Wildman–Crippen LogP) is 1.20. The molecule has 0 aliphatic carbocycles. The lowest BCUT2D eigenvalue weighted by Gasteiger charge is -2.08. The molecule has 3 rings (SSSR count). The average Bonchev–Trinajstić information content (AvgIpc) is 3.06. The molecule has 0 saturated heterocycles. The fourth-order valence-electron chi connectivity index (χ4n) is 1.55. The number of aliphatic carboxylic acids is 1. The van der Waals surface area contributed by atoms with Crippen LogP contribution in [0.3, 0.4) is 0 Å². The Morgan fingerprint density at radius 3 is 2.24 bits per heavy atom. The zero-order valence-corrected chi connectivity index (χ0v) is 11.0. The summed E-state index contributed by atoms with van der Waals surface area (Å²) in [6.07, 6.45) is 2.77. The first-order valence-corrected chi connectivity index (χ1v) is 5.93. The van der Waals surface area contributed by atoms with Crippen LogP contribution in [0.5, 0.6) is 0 Å². The molecule has 8 heteroatoms. The minimum atomic E-state index is -1.25. The second kappa shape index (κ2) is 5.53. The molecule has 2 heterocycles. The van der Waals surface area contributed by atoms with Gasteiger partial charge in [-0.15, -0.1) is 0 Å². The van der Waals surface area contributed by atoms with Gasteiger partial charge in [0.1, 0.15) is 0 Å². The summed E-state index contributed by atoms with van der Waals surface area (Å²) in [7, 11) is 0. The van der Waals surface area contributed by atoms with E-state index in [2.05, 4.69) is 20.0 Å². The molecule has 8 nitrogen and oxygen atoms in total. The smallest absolute Gasteiger partial charge is 0.371 e. The number of aliphatic imine (C=N–C) groups is 2. The Hall–Kier alpha value is -3.03. The second-order valence-electron chi connectivity index (χ2n) is 4.29. The number of aromatic carboxylic acids is 1. The van der Waals surface area contributed by atoms with Gasteiger partial charge in [-0.2, -0.15) is 0 Å². The number of imidazole rings is 1. The number of carboxylic acids is 2. The molecule has 0 radical (unpaired) electrons. The molecular formula is C13H12N4O4. The van der Waals surface area contributed by atoms with Gasteiger partial charge in [0.05, 0.1) is 11.0 Å². The standard InChI is InChI=1S/C8H6N2O2.C5H6N2O2/c11-8(12)7-9-5-3-1-2-4-6(5)10-7;1-5(4(8)9)6-2-3-7-5/h1-4H,(H,9,10)(H,11,12);2-3H,1H3,(H,8,9). The molecule has 0 fully saturated rings. The number of hydrogen-bond donors (Lipinski definition) is 3. The van der Waals surface area contributed by atoms with Gasteiger partial charge in [-0.25, -0.2) is 14.6 Å². The Morgan fingerprint density at radius 2 is 1.76 bits per heavy atom. The van der Waals surface area contributed by atoms with Crippen molar-refractivity contribution in [2.45, 2.75) is 12.6 Å². The SMILES string of the molecule is CC1(C(=O)O)N=CC=N1.O=C(O)c1nc2ccccc2[nH]1. The maximum atomic E-state index is 10.5. The number of hydrogen-bond acceptors (Lipinski definition) is 5. The molecule has 0 bridgehead atoms. The highest BCUT2D eigenvalue weighted by Crippen LogP contribution is 2.13. The first-order chi connectivity index (χ1) is 9.92. The summed E-state index contributed by atoms with van der Waals surface area (Å²) in [5.74, 6) is -2.07. The van der Waals surface area contributed by atoms with Gasteiger partial charge in [0.2, 0.25) is 11.5 Å². The largest absolute Gasteiger partial charge is 0.478 e. The van der Waals surface area contributed by atoms with Crippen LogP contribution in [-0.4, -0.2) is 50.2 Å². The van der Waals surface area contributed by atoms with E-state index in [1.807, 2.05) is 12.1 Å². The Balaban J connectivity index is 0.000000161. The van der Waals surface area contributed by atoms with Crippen LogP contribution in [0, 0.1) is 0 Å². The summed E-state index contributed by atoms with van der Waals surface area (Å²) >= 11 is 0. The summed E-state index contributed by atoms with van der Waals surface area (Å²) in [4.78, 5) is 34.6. The lowest BCUT2D eigenvalue weighted by molar-refractivity contribution is -0.142. The lowest BCUT2D eigenvalue weighted by Crippen LogP contribution is -2.28. The summed E-state index contributed by atoms with van der Waals surface area (Å²) in [5, 5.41) is 17.0. The van der Waals surface area contributed by atoms with E-state index in [0.717, 1.165) is 5.52 Å². The van der Waals surface area contributed by atoms with Crippen LogP contribution in [0.25, 0.3) is 11.0 Å². The summed E-state index contributed by atoms with van der Waals surface area (Å²) in [5.41, 5.74) is 0.171. The molecule has 0 atom stereocenters. The molecule has 1 aromatic heterocycles. The van der Waals surface area contributed by atoms with Crippen LogP contribution in [0.2, 0.25) is 0 Å². The van der Waals surface area contributed by atoms with Crippen molar-refractivity contribution in [1.29, 1.82) is 0 Å². The van der Waals surface area contributed by atoms with Crippen LogP contribution in [0.4, 0.5) is 0 Å². The fraction of sp³-hybridized carbons (Fsp3) is 0.154. The molecule has 3 N–H and O–H groups in total. The molecule has 0 saturated carbocycles. The molecule has 1 aliphatic heterocycles. The number of para-hydroxylation sites is 2. The van der Waals surface area contributed by atoms with Crippen LogP contribution >= 0.6 is 0 Å². The second-order valence-corrected chi connectivity index (χ2v) is 4.29. The number of carbonyl (C=O) groups is 2. The number of nitrogens with zero attached hydrogens (tertiary/aromatic N) is 3. The van der Waals surface area contributed by atoms with Gasteiger partial charge in [0.25, 0.3) is 0 Å². The Bertz CT molecular complexity index is 702. The van der Waals surface area contributed by atoms with Crippen LogP contribution in [0.15, 0.2) is 34.3 Å². The topological polar surface area (TPSA) is 128 Å². The van der Waals surface area contributed by atoms with E-state index >= 15 is 0 Å². The van der Waals surface area contributed by atoms with Crippen molar-refractivity contribution in [3.05, 3.63) is 30.1 Å². The third kappa shape index (κ3) is 3.11. The average molecular weight is 288 g/mol. The first kappa shape index (κ1) is 14.4. The van der Waals surface area contributed by atoms with E-state index in [1.54, 1.807) is 12.1 Å². The number of nitrogens with one attached hydrogen (secondary N) is 1. The van der Waals surface area contributed by atoms with Gasteiger partial charge in [-0.3, -0.25) is 9.98 Å². The minimum absolute atomic E-state index is 0.0174. The number of aromatic amines is 1. The normalized spacial score (nSPS) is 14.7. The molecule has 21 heavy (non-hydrogen) atoms. The third-order valence-electron chi connectivity index (χ3n) is 2.72. The van der Waals surface area contributed by atoms with Crippen molar-refractivity contribution >= 4 is 35.4 Å². The van der Waals surface area contributed by atoms with E-state index in [-0.39, 0.29) is 5.82 Å². The van der Waals surface area contributed by atoms with E-state index in [0.29, 0.717) is 5.52 Å². The number of benzene rings is 1.